The molecule has 0 amide bonds. The summed E-state index contributed by atoms with van der Waals surface area (Å²) in [6.45, 7) is 0. The molecule has 0 unspecified atom stereocenters. The molecule has 0 radical (unpaired) electrons. The van der Waals surface area contributed by atoms with Crippen LogP contribution >= 0.6 is 0 Å². The van der Waals surface area contributed by atoms with Gasteiger partial charge in [-0.3, -0.25) is 0 Å². The van der Waals surface area contributed by atoms with Crippen LogP contribution in [0.4, 0.5) is 0 Å². The second-order valence-corrected chi connectivity index (χ2v) is 4.36. The van der Waals surface area contributed by atoms with Crippen molar-refractivity contribution in [2.45, 2.75) is 0.515 Å². The van der Waals surface area contributed by atoms with Gasteiger partial charge in [0, 0.05) is 0 Å². The molecule has 0 saturated carbocycles. The molecule has 76 valence electrons. The van der Waals surface area contributed by atoms with E-state index in [1.807, 2.05) is 6.08 Å². The minimum absolute atomic E-state index is 0.0475. The molecule has 0 bridgehead atoms. The molecule has 1 N–H and O–H groups in total. The summed E-state index contributed by atoms with van der Waals surface area (Å²) < 4.78 is 11.3. The Bertz CT molecular complexity index is 336. The zero-order valence-electron chi connectivity index (χ0n) is 9.28. The molecule has 15 heavy (non-hydrogen) atoms. The van der Waals surface area contributed by atoms with E-state index in [1.165, 1.54) is 14.2 Å². The van der Waals surface area contributed by atoms with Crippen LogP contribution in [0, 0.1) is 0 Å². The van der Waals surface area contributed by atoms with Crippen molar-refractivity contribution in [3.63, 3.8) is 0 Å². The third-order valence-electron chi connectivity index (χ3n) is 2.05. The monoisotopic (exact) mass is 232 g/mol. The van der Waals surface area contributed by atoms with Crippen molar-refractivity contribution in [2.24, 2.45) is 0 Å². The van der Waals surface area contributed by atoms with Gasteiger partial charge in [0.25, 0.3) is 0 Å². The van der Waals surface area contributed by atoms with E-state index in [2.05, 4.69) is 6.08 Å². The van der Waals surface area contributed by atoms with Gasteiger partial charge in [-0.25, -0.2) is 0 Å². The van der Waals surface area contributed by atoms with Crippen LogP contribution in [0.25, 0.3) is 6.08 Å². The number of aromatic hydroxyl groups is 1. The summed E-state index contributed by atoms with van der Waals surface area (Å²) in [4.78, 5) is 0. The van der Waals surface area contributed by atoms with E-state index in [1.54, 1.807) is 12.1 Å². The average Bonchev–Trinajstić information content (AvgIpc) is 2.27. The fraction of sp³-hybridized carbons (Fsp3) is 0.273. The minimum atomic E-state index is 0.0475. The van der Waals surface area contributed by atoms with Gasteiger partial charge in [0.05, 0.1) is 0 Å². The molecule has 0 aromatic heterocycles. The number of rotatable bonds is 4. The zero-order valence-corrected chi connectivity index (χ0v) is 12.4. The molecule has 0 aliphatic carbocycles. The zero-order chi connectivity index (χ0) is 11.3. The topological polar surface area (TPSA) is 38.7 Å². The Morgan fingerprint density at radius 3 is 2.20 bits per heavy atom. The van der Waals surface area contributed by atoms with Gasteiger partial charge in [0.1, 0.15) is 0 Å². The van der Waals surface area contributed by atoms with Crippen LogP contribution in [0.3, 0.4) is 0 Å². The maximum absolute atomic E-state index is 9.67. The Balaban J connectivity index is 3.14. The second-order valence-electron chi connectivity index (χ2n) is 3.08. The van der Waals surface area contributed by atoms with Gasteiger partial charge >= 0.3 is 125 Å². The number of ether oxygens (including phenoxy) is 2. The Hall–Kier alpha value is -0.00364. The number of phenols is 1. The fourth-order valence-electron chi connectivity index (χ4n) is 1.26. The fourth-order valence-corrected chi connectivity index (χ4v) is 1.63. The first-order chi connectivity index (χ1) is 7.22. The van der Waals surface area contributed by atoms with Crippen molar-refractivity contribution >= 4 is 55.0 Å². The SMILES string of the molecule is COc1cc(/C=C/[CH2][K])cc(OC)c1O. The Kier molecular flexibility index (Phi) is 5.71. The van der Waals surface area contributed by atoms with Crippen molar-refractivity contribution in [1.29, 1.82) is 0 Å². The van der Waals surface area contributed by atoms with Crippen molar-refractivity contribution in [3.8, 4) is 17.2 Å². The van der Waals surface area contributed by atoms with Gasteiger partial charge in [-0.05, 0) is 0 Å². The van der Waals surface area contributed by atoms with Crippen molar-refractivity contribution in [1.82, 2.24) is 0 Å². The second kappa shape index (κ2) is 6.55. The Morgan fingerprint density at radius 1 is 1.27 bits per heavy atom. The summed E-state index contributed by atoms with van der Waals surface area (Å²) in [6.07, 6.45) is 4.13. The van der Waals surface area contributed by atoms with E-state index in [-0.39, 0.29) is 5.75 Å². The normalized spacial score (nSPS) is 10.7. The van der Waals surface area contributed by atoms with Gasteiger partial charge < -0.3 is 0 Å². The van der Waals surface area contributed by atoms with Crippen molar-refractivity contribution in [3.05, 3.63) is 23.8 Å². The van der Waals surface area contributed by atoms with E-state index in [0.717, 1.165) is 55.0 Å². The van der Waals surface area contributed by atoms with Gasteiger partial charge in [-0.15, -0.1) is 0 Å². The van der Waals surface area contributed by atoms with Crippen LogP contribution in [-0.4, -0.2) is 68.3 Å². The molecule has 0 aliphatic rings. The third-order valence-corrected chi connectivity index (χ3v) is 2.78. The molecule has 0 heterocycles. The average molecular weight is 232 g/mol. The molecule has 1 rings (SSSR count). The number of hydrogen-bond donors (Lipinski definition) is 1. The van der Waals surface area contributed by atoms with Gasteiger partial charge in [0.2, 0.25) is 0 Å². The summed E-state index contributed by atoms with van der Waals surface area (Å²) in [7, 11) is 3.05. The Labute approximate surface area is 124 Å². The number of phenolic OH excluding ortho intramolecular Hbond substituents is 1. The van der Waals surface area contributed by atoms with E-state index >= 15 is 0 Å². The number of methoxy groups -OCH3 is 2. The summed E-state index contributed by atoms with van der Waals surface area (Å²) in [5.74, 6) is 0.921. The van der Waals surface area contributed by atoms with Gasteiger partial charge in [-0.1, -0.05) is 0 Å². The molecule has 0 aliphatic heterocycles. The number of allylic oxidation sites excluding steroid dienone is 1. The van der Waals surface area contributed by atoms with Crippen LogP contribution < -0.4 is 9.47 Å². The van der Waals surface area contributed by atoms with Crippen molar-refractivity contribution in [2.75, 3.05) is 14.2 Å². The number of benzene rings is 1. The standard InChI is InChI=1S/C11H13O3.K/c1-4-5-8-6-9(13-2)11(12)10(7-8)14-3;/h4-7,12H,1H2,2-3H3;/b5-4+;. The Morgan fingerprint density at radius 2 is 1.80 bits per heavy atom. The predicted octanol–water partition coefficient (Wildman–Crippen LogP) is 2.01. The van der Waals surface area contributed by atoms with Gasteiger partial charge in [-0.2, -0.15) is 0 Å². The number of hydrogen-bond acceptors (Lipinski definition) is 3. The molecule has 4 heteroatoms. The van der Waals surface area contributed by atoms with Crippen molar-refractivity contribution < 1.29 is 14.6 Å². The van der Waals surface area contributed by atoms with Crippen LogP contribution in [0.15, 0.2) is 18.2 Å². The summed E-state index contributed by atoms with van der Waals surface area (Å²) >= 11 is 0.828. The molecule has 1 aromatic carbocycles. The first-order valence-electron chi connectivity index (χ1n) is 4.84. The molecule has 0 atom stereocenters. The van der Waals surface area contributed by atoms with Crippen LogP contribution in [-0.2, 0) is 0 Å². The van der Waals surface area contributed by atoms with E-state index in [0.29, 0.717) is 11.5 Å². The molecular weight excluding hydrogens is 219 g/mol. The van der Waals surface area contributed by atoms with Crippen LogP contribution in [0.2, 0.25) is 0.515 Å². The van der Waals surface area contributed by atoms with Gasteiger partial charge in [0.15, 0.2) is 0 Å². The molecule has 0 saturated heterocycles. The van der Waals surface area contributed by atoms with Crippen LogP contribution in [0.5, 0.6) is 17.2 Å². The van der Waals surface area contributed by atoms with E-state index in [4.69, 9.17) is 9.47 Å². The predicted molar refractivity (Wildman–Crippen MR) is 60.8 cm³/mol. The molecular formula is C11H13KO3. The third kappa shape index (κ3) is 3.50. The molecule has 1 aromatic rings. The first kappa shape index (κ1) is 13.1. The van der Waals surface area contributed by atoms with E-state index in [9.17, 15) is 5.11 Å². The summed E-state index contributed by atoms with van der Waals surface area (Å²) in [6, 6.07) is 3.58. The van der Waals surface area contributed by atoms with E-state index < -0.39 is 0 Å². The molecule has 0 fully saturated rings. The first-order valence-corrected chi connectivity index (χ1v) is 7.05. The molecule has 0 spiro atoms. The van der Waals surface area contributed by atoms with Crippen LogP contribution in [0.1, 0.15) is 5.56 Å². The quantitative estimate of drug-likeness (QED) is 0.807. The summed E-state index contributed by atoms with van der Waals surface area (Å²) in [5, 5.41) is 9.67. The maximum atomic E-state index is 9.67. The molecule has 3 nitrogen and oxygen atoms in total. The summed E-state index contributed by atoms with van der Waals surface area (Å²) in [5.41, 5.74) is 0.978.